The first-order valence-corrected chi connectivity index (χ1v) is 9.14. The van der Waals surface area contributed by atoms with Crippen LogP contribution in [-0.2, 0) is 15.7 Å². The highest BCUT2D eigenvalue weighted by molar-refractivity contribution is 9.10. The van der Waals surface area contributed by atoms with Gasteiger partial charge in [0.25, 0.3) is 10.2 Å². The van der Waals surface area contributed by atoms with Crippen molar-refractivity contribution in [1.82, 2.24) is 9.03 Å². The predicted octanol–water partition coefficient (Wildman–Crippen LogP) is 3.00. The van der Waals surface area contributed by atoms with Gasteiger partial charge in [0.15, 0.2) is 0 Å². The van der Waals surface area contributed by atoms with Gasteiger partial charge in [0, 0.05) is 18.1 Å². The standard InChI is InChI=1S/C14H21BrN2O2S/c1-3-4-11-17(2)20(18,19)16-14(9-10-14)12-5-7-13(15)8-6-12/h5-8,16H,3-4,9-11H2,1-2H3. The van der Waals surface area contributed by atoms with E-state index in [1.54, 1.807) is 7.05 Å². The van der Waals surface area contributed by atoms with Gasteiger partial charge >= 0.3 is 0 Å². The van der Waals surface area contributed by atoms with Crippen LogP contribution in [0.15, 0.2) is 28.7 Å². The third-order valence-corrected chi connectivity index (χ3v) is 5.89. The third-order valence-electron chi connectivity index (χ3n) is 3.71. The highest BCUT2D eigenvalue weighted by Crippen LogP contribution is 2.46. The number of unbranched alkanes of at least 4 members (excludes halogenated alkanes) is 1. The van der Waals surface area contributed by atoms with E-state index in [2.05, 4.69) is 27.6 Å². The Morgan fingerprint density at radius 2 is 1.90 bits per heavy atom. The summed E-state index contributed by atoms with van der Waals surface area (Å²) in [6.45, 7) is 2.61. The normalized spacial score (nSPS) is 17.4. The Kier molecular flexibility index (Phi) is 4.89. The van der Waals surface area contributed by atoms with E-state index in [1.165, 1.54) is 4.31 Å². The zero-order chi connectivity index (χ0) is 14.8. The van der Waals surface area contributed by atoms with Crippen LogP contribution in [-0.4, -0.2) is 26.3 Å². The molecule has 1 fully saturated rings. The molecule has 1 aliphatic rings. The second kappa shape index (κ2) is 6.13. The molecule has 1 aromatic carbocycles. The van der Waals surface area contributed by atoms with E-state index in [0.717, 1.165) is 35.7 Å². The van der Waals surface area contributed by atoms with Gasteiger partial charge in [0.05, 0.1) is 5.54 Å². The molecular weight excluding hydrogens is 340 g/mol. The average Bonchev–Trinajstić information content (AvgIpc) is 3.16. The zero-order valence-corrected chi connectivity index (χ0v) is 14.3. The molecule has 0 atom stereocenters. The molecule has 1 N–H and O–H groups in total. The molecule has 1 aliphatic carbocycles. The van der Waals surface area contributed by atoms with E-state index in [1.807, 2.05) is 24.3 Å². The fourth-order valence-corrected chi connectivity index (χ4v) is 3.77. The summed E-state index contributed by atoms with van der Waals surface area (Å²) in [7, 11) is -1.78. The maximum Gasteiger partial charge on any atom is 0.280 e. The molecule has 0 unspecified atom stereocenters. The Morgan fingerprint density at radius 1 is 1.30 bits per heavy atom. The number of nitrogens with one attached hydrogen (secondary N) is 1. The van der Waals surface area contributed by atoms with Crippen molar-refractivity contribution in [1.29, 1.82) is 0 Å². The first-order chi connectivity index (χ1) is 9.39. The molecule has 0 spiro atoms. The van der Waals surface area contributed by atoms with Crippen molar-refractivity contribution in [3.05, 3.63) is 34.3 Å². The number of hydrogen-bond donors (Lipinski definition) is 1. The smallest absolute Gasteiger partial charge is 0.195 e. The molecule has 0 radical (unpaired) electrons. The van der Waals surface area contributed by atoms with Gasteiger partial charge in [-0.15, -0.1) is 0 Å². The van der Waals surface area contributed by atoms with Crippen LogP contribution in [0.2, 0.25) is 0 Å². The summed E-state index contributed by atoms with van der Waals surface area (Å²) in [5.41, 5.74) is 0.633. The molecule has 0 bridgehead atoms. The van der Waals surface area contributed by atoms with Crippen molar-refractivity contribution >= 4 is 26.1 Å². The van der Waals surface area contributed by atoms with Gasteiger partial charge in [-0.05, 0) is 37.0 Å². The van der Waals surface area contributed by atoms with Crippen LogP contribution in [0, 0.1) is 0 Å². The first kappa shape index (κ1) is 15.9. The van der Waals surface area contributed by atoms with Gasteiger partial charge in [-0.1, -0.05) is 41.4 Å². The van der Waals surface area contributed by atoms with Crippen molar-refractivity contribution in [2.75, 3.05) is 13.6 Å². The van der Waals surface area contributed by atoms with E-state index in [9.17, 15) is 8.42 Å². The Morgan fingerprint density at radius 3 is 2.40 bits per heavy atom. The molecule has 0 amide bonds. The van der Waals surface area contributed by atoms with Crippen LogP contribution in [0.25, 0.3) is 0 Å². The molecule has 6 heteroatoms. The van der Waals surface area contributed by atoms with Crippen LogP contribution in [0.4, 0.5) is 0 Å². The topological polar surface area (TPSA) is 49.4 Å². The van der Waals surface area contributed by atoms with Gasteiger partial charge in [-0.2, -0.15) is 17.4 Å². The van der Waals surface area contributed by atoms with Crippen molar-refractivity contribution in [2.45, 2.75) is 38.1 Å². The maximum atomic E-state index is 12.3. The molecule has 1 aromatic rings. The summed E-state index contributed by atoms with van der Waals surface area (Å²) in [4.78, 5) is 0. The molecule has 0 heterocycles. The molecule has 2 rings (SSSR count). The van der Waals surface area contributed by atoms with E-state index in [0.29, 0.717) is 6.54 Å². The minimum atomic E-state index is -3.41. The van der Waals surface area contributed by atoms with E-state index >= 15 is 0 Å². The minimum absolute atomic E-state index is 0.403. The highest BCUT2D eigenvalue weighted by Gasteiger charge is 2.47. The van der Waals surface area contributed by atoms with Gasteiger partial charge in [-0.3, -0.25) is 0 Å². The van der Waals surface area contributed by atoms with Crippen molar-refractivity contribution in [3.63, 3.8) is 0 Å². The maximum absolute atomic E-state index is 12.3. The van der Waals surface area contributed by atoms with Crippen molar-refractivity contribution in [2.24, 2.45) is 0 Å². The summed E-state index contributed by atoms with van der Waals surface area (Å²) in [5.74, 6) is 0. The second-order valence-electron chi connectivity index (χ2n) is 5.37. The number of benzene rings is 1. The molecule has 0 aromatic heterocycles. The number of rotatable bonds is 7. The van der Waals surface area contributed by atoms with Crippen molar-refractivity contribution < 1.29 is 8.42 Å². The molecule has 4 nitrogen and oxygen atoms in total. The lowest BCUT2D eigenvalue weighted by Crippen LogP contribution is -2.44. The zero-order valence-electron chi connectivity index (χ0n) is 11.9. The van der Waals surface area contributed by atoms with Crippen LogP contribution in [0.5, 0.6) is 0 Å². The number of hydrogen-bond acceptors (Lipinski definition) is 2. The summed E-state index contributed by atoms with van der Waals surface area (Å²) in [6.07, 6.45) is 3.57. The van der Waals surface area contributed by atoms with E-state index in [-0.39, 0.29) is 0 Å². The van der Waals surface area contributed by atoms with Gasteiger partial charge in [-0.25, -0.2) is 0 Å². The van der Waals surface area contributed by atoms with Crippen LogP contribution < -0.4 is 4.72 Å². The second-order valence-corrected chi connectivity index (χ2v) is 8.06. The highest BCUT2D eigenvalue weighted by atomic mass is 79.9. The molecule has 112 valence electrons. The lowest BCUT2D eigenvalue weighted by Gasteiger charge is -2.23. The fraction of sp³-hybridized carbons (Fsp3) is 0.571. The van der Waals surface area contributed by atoms with Gasteiger partial charge < -0.3 is 0 Å². The Hall–Kier alpha value is -0.430. The molecular formula is C14H21BrN2O2S. The van der Waals surface area contributed by atoms with Crippen molar-refractivity contribution in [3.8, 4) is 0 Å². The monoisotopic (exact) mass is 360 g/mol. The summed E-state index contributed by atoms with van der Waals surface area (Å²) >= 11 is 3.40. The largest absolute Gasteiger partial charge is 0.280 e. The minimum Gasteiger partial charge on any atom is -0.195 e. The quantitative estimate of drug-likeness (QED) is 0.812. The van der Waals surface area contributed by atoms with Gasteiger partial charge in [0.2, 0.25) is 0 Å². The van der Waals surface area contributed by atoms with Crippen LogP contribution in [0.3, 0.4) is 0 Å². The molecule has 0 saturated heterocycles. The number of halogens is 1. The Labute approximate surface area is 129 Å². The summed E-state index contributed by atoms with van der Waals surface area (Å²) < 4.78 is 30.0. The van der Waals surface area contributed by atoms with Crippen LogP contribution in [0.1, 0.15) is 38.2 Å². The first-order valence-electron chi connectivity index (χ1n) is 6.91. The Bertz CT molecular complexity index is 553. The average molecular weight is 361 g/mol. The SMILES string of the molecule is CCCCN(C)S(=O)(=O)NC1(c2ccc(Br)cc2)CC1. The van der Waals surface area contributed by atoms with Crippen LogP contribution >= 0.6 is 15.9 Å². The number of nitrogens with zero attached hydrogens (tertiary/aromatic N) is 1. The lowest BCUT2D eigenvalue weighted by atomic mass is 10.1. The summed E-state index contributed by atoms with van der Waals surface area (Å²) in [6, 6.07) is 7.85. The molecule has 20 heavy (non-hydrogen) atoms. The third kappa shape index (κ3) is 3.61. The fourth-order valence-electron chi connectivity index (χ4n) is 2.17. The lowest BCUT2D eigenvalue weighted by molar-refractivity contribution is 0.436. The van der Waals surface area contributed by atoms with E-state index in [4.69, 9.17) is 0 Å². The van der Waals surface area contributed by atoms with E-state index < -0.39 is 15.7 Å². The molecule has 0 aliphatic heterocycles. The Balaban J connectivity index is 2.10. The molecule has 1 saturated carbocycles. The predicted molar refractivity (Wildman–Crippen MR) is 84.6 cm³/mol. The summed E-state index contributed by atoms with van der Waals surface area (Å²) in [5, 5.41) is 0. The van der Waals surface area contributed by atoms with Gasteiger partial charge in [0.1, 0.15) is 0 Å².